The van der Waals surface area contributed by atoms with Gasteiger partial charge in [-0.3, -0.25) is 19.3 Å². The van der Waals surface area contributed by atoms with Crippen molar-refractivity contribution < 1.29 is 18.7 Å². The van der Waals surface area contributed by atoms with Gasteiger partial charge in [0.1, 0.15) is 11.4 Å². The fourth-order valence-electron chi connectivity index (χ4n) is 6.76. The molecule has 2 aromatic heterocycles. The highest BCUT2D eigenvalue weighted by molar-refractivity contribution is 6.05. The van der Waals surface area contributed by atoms with Gasteiger partial charge in [-0.15, -0.1) is 5.10 Å². The molecule has 5 N–H and O–H groups in total. The van der Waals surface area contributed by atoms with Crippen LogP contribution in [0.5, 0.6) is 5.75 Å². The Morgan fingerprint density at radius 1 is 1.06 bits per heavy atom. The Morgan fingerprint density at radius 3 is 2.64 bits per heavy atom. The molecule has 3 aliphatic heterocycles. The van der Waals surface area contributed by atoms with Crippen molar-refractivity contribution in [3.63, 3.8) is 0 Å². The number of nitrogens with one attached hydrogen (secondary N) is 1. The number of aryl methyl sites for hydroxylation is 1. The number of rotatable bonds is 8. The van der Waals surface area contributed by atoms with Crippen molar-refractivity contribution in [3.05, 3.63) is 108 Å². The number of nitrogens with zero attached hydrogens (tertiary/aromatic N) is 7. The molecular formula is C36H39FN10O3. The minimum absolute atomic E-state index is 0.0428. The van der Waals surface area contributed by atoms with Gasteiger partial charge in [-0.1, -0.05) is 29.5 Å². The second-order valence-corrected chi connectivity index (χ2v) is 12.4. The number of allylic oxidation sites excluding steroid dienone is 2. The summed E-state index contributed by atoms with van der Waals surface area (Å²) in [5.41, 5.74) is 10.4. The number of H-pyrrole nitrogens is 1. The number of halogens is 1. The molecule has 258 valence electrons. The first-order chi connectivity index (χ1) is 24.3. The number of hydrogen-bond donors (Lipinski definition) is 3. The Hall–Kier alpha value is -5.89. The molecule has 0 radical (unpaired) electrons. The van der Waals surface area contributed by atoms with Crippen LogP contribution in [0.15, 0.2) is 90.8 Å². The van der Waals surface area contributed by atoms with Crippen LogP contribution < -0.4 is 16.3 Å². The van der Waals surface area contributed by atoms with E-state index in [1.807, 2.05) is 48.6 Å². The van der Waals surface area contributed by atoms with Crippen LogP contribution in [0.2, 0.25) is 0 Å². The zero-order valence-electron chi connectivity index (χ0n) is 27.8. The van der Waals surface area contributed by atoms with Crippen LogP contribution in [0.3, 0.4) is 0 Å². The molecule has 5 heterocycles. The summed E-state index contributed by atoms with van der Waals surface area (Å²) in [5, 5.41) is 9.76. The number of para-hydroxylation sites is 1. The van der Waals surface area contributed by atoms with E-state index in [1.165, 1.54) is 11.2 Å². The summed E-state index contributed by atoms with van der Waals surface area (Å²) in [6.07, 6.45) is 13.1. The standard InChI is InChI=1S/C36H39FN10O3/c1-50-32-7-3-2-6-27(32)29-20-28(24-5-4-11-45(23-24)33(48)9-12-46-14-10-40-42-46)34(37)35-30(29)21-31(41-35)36(49)44-17-15-43(16-18-44)25-8-13-47(39)26(19-25)22-38/h2-3,5-8,10,13-14,19-22,41H,4,9,11-12,15-18,23,38-39H2,1H3/b26-22-. The van der Waals surface area contributed by atoms with Gasteiger partial charge in [-0.2, -0.15) is 0 Å². The lowest BCUT2D eigenvalue weighted by molar-refractivity contribution is -0.131. The van der Waals surface area contributed by atoms with E-state index in [0.717, 1.165) is 16.8 Å². The number of piperazine rings is 1. The first kappa shape index (κ1) is 32.6. The summed E-state index contributed by atoms with van der Waals surface area (Å²) < 4.78 is 24.0. The Bertz CT molecular complexity index is 2040. The molecule has 2 amide bonds. The van der Waals surface area contributed by atoms with Crippen molar-refractivity contribution in [1.82, 2.24) is 39.7 Å². The molecule has 0 bridgehead atoms. The third-order valence-electron chi connectivity index (χ3n) is 9.46. The summed E-state index contributed by atoms with van der Waals surface area (Å²) >= 11 is 0. The molecule has 4 aromatic rings. The van der Waals surface area contributed by atoms with E-state index in [4.69, 9.17) is 16.3 Å². The third kappa shape index (κ3) is 6.32. The van der Waals surface area contributed by atoms with E-state index < -0.39 is 5.82 Å². The normalized spacial score (nSPS) is 17.4. The number of amides is 2. The third-order valence-corrected chi connectivity index (χ3v) is 9.46. The molecule has 2 aromatic carbocycles. The van der Waals surface area contributed by atoms with E-state index in [0.29, 0.717) is 79.4 Å². The topological polar surface area (TPSA) is 155 Å². The minimum atomic E-state index is -0.473. The molecule has 1 saturated heterocycles. The Kier molecular flexibility index (Phi) is 9.09. The molecule has 50 heavy (non-hydrogen) atoms. The van der Waals surface area contributed by atoms with E-state index >= 15 is 4.39 Å². The lowest BCUT2D eigenvalue weighted by Gasteiger charge is -2.37. The fourth-order valence-corrected chi connectivity index (χ4v) is 6.76. The van der Waals surface area contributed by atoms with Crippen molar-refractivity contribution in [2.45, 2.75) is 19.4 Å². The van der Waals surface area contributed by atoms with E-state index in [9.17, 15) is 9.59 Å². The summed E-state index contributed by atoms with van der Waals surface area (Å²) in [7, 11) is 1.59. The predicted octanol–water partition coefficient (Wildman–Crippen LogP) is 3.42. The molecule has 1 fully saturated rings. The number of nitrogens with two attached hydrogens (primary N) is 2. The van der Waals surface area contributed by atoms with Gasteiger partial charge in [-0.25, -0.2) is 10.2 Å². The van der Waals surface area contributed by atoms with Crippen molar-refractivity contribution in [3.8, 4) is 16.9 Å². The molecule has 0 aliphatic carbocycles. The van der Waals surface area contributed by atoms with Gasteiger partial charge in [0, 0.05) is 86.5 Å². The second kappa shape index (κ2) is 13.9. The van der Waals surface area contributed by atoms with Crippen molar-refractivity contribution in [1.29, 1.82) is 0 Å². The van der Waals surface area contributed by atoms with E-state index in [-0.39, 0.29) is 30.3 Å². The fraction of sp³-hybridized carbons (Fsp3) is 0.278. The van der Waals surface area contributed by atoms with Crippen LogP contribution in [0.4, 0.5) is 4.39 Å². The van der Waals surface area contributed by atoms with Gasteiger partial charge in [0.25, 0.3) is 5.91 Å². The summed E-state index contributed by atoms with van der Waals surface area (Å²) in [6, 6.07) is 11.1. The summed E-state index contributed by atoms with van der Waals surface area (Å²) in [5.74, 6) is 5.83. The molecule has 13 nitrogen and oxygen atoms in total. The number of fused-ring (bicyclic) bond motifs is 1. The van der Waals surface area contributed by atoms with E-state index in [1.54, 1.807) is 46.3 Å². The zero-order chi connectivity index (χ0) is 34.8. The minimum Gasteiger partial charge on any atom is -0.496 e. The monoisotopic (exact) mass is 678 g/mol. The largest absolute Gasteiger partial charge is 0.496 e. The van der Waals surface area contributed by atoms with Crippen LogP contribution in [-0.4, -0.2) is 97.9 Å². The lowest BCUT2D eigenvalue weighted by Crippen LogP contribution is -2.48. The van der Waals surface area contributed by atoms with Crippen molar-refractivity contribution in [2.24, 2.45) is 11.6 Å². The van der Waals surface area contributed by atoms with Gasteiger partial charge < -0.3 is 30.2 Å². The van der Waals surface area contributed by atoms with Gasteiger partial charge in [-0.05, 0) is 47.9 Å². The number of aromatic amines is 1. The van der Waals surface area contributed by atoms with Crippen LogP contribution >= 0.6 is 0 Å². The summed E-state index contributed by atoms with van der Waals surface area (Å²) in [4.78, 5) is 35.9. The second-order valence-electron chi connectivity index (χ2n) is 12.4. The number of hydrazine groups is 1. The maximum absolute atomic E-state index is 16.7. The van der Waals surface area contributed by atoms with Crippen LogP contribution in [0.25, 0.3) is 27.6 Å². The molecule has 14 heteroatoms. The van der Waals surface area contributed by atoms with Crippen LogP contribution in [0, 0.1) is 5.82 Å². The molecule has 7 rings (SSSR count). The number of ether oxygens (including phenoxy) is 1. The number of hydrogen-bond acceptors (Lipinski definition) is 9. The Labute approximate surface area is 288 Å². The average Bonchev–Trinajstić information content (AvgIpc) is 3.86. The lowest BCUT2D eigenvalue weighted by atomic mass is 9.93. The molecule has 0 atom stereocenters. The summed E-state index contributed by atoms with van der Waals surface area (Å²) in [6.45, 7) is 3.40. The molecule has 0 spiro atoms. The van der Waals surface area contributed by atoms with Gasteiger partial charge in [0.05, 0.1) is 31.1 Å². The van der Waals surface area contributed by atoms with Gasteiger partial charge in [0.15, 0.2) is 5.82 Å². The zero-order valence-corrected chi connectivity index (χ0v) is 27.8. The molecule has 0 saturated carbocycles. The Morgan fingerprint density at radius 2 is 1.88 bits per heavy atom. The first-order valence-corrected chi connectivity index (χ1v) is 16.5. The van der Waals surface area contributed by atoms with Crippen molar-refractivity contribution >= 4 is 28.3 Å². The first-order valence-electron chi connectivity index (χ1n) is 16.5. The number of aromatic nitrogens is 4. The highest BCUT2D eigenvalue weighted by Crippen LogP contribution is 2.40. The number of carbonyl (C=O) groups is 2. The molecular weight excluding hydrogens is 639 g/mol. The van der Waals surface area contributed by atoms with Gasteiger partial charge in [0.2, 0.25) is 5.91 Å². The van der Waals surface area contributed by atoms with Crippen LogP contribution in [-0.2, 0) is 11.3 Å². The van der Waals surface area contributed by atoms with Gasteiger partial charge >= 0.3 is 0 Å². The SMILES string of the molecule is COc1ccccc1-c1cc(C2=CCCN(C(=O)CCn3ccnn3)C2)c(F)c2[nH]c(C(=O)N3CCN(C4=C/C(=C/N)N(N)C=C4)CC3)cc12. The van der Waals surface area contributed by atoms with Crippen LogP contribution in [0.1, 0.15) is 28.9 Å². The maximum atomic E-state index is 16.7. The number of methoxy groups -OCH3 is 1. The average molecular weight is 679 g/mol. The quantitative estimate of drug-likeness (QED) is 0.238. The Balaban J connectivity index is 1.17. The van der Waals surface area contributed by atoms with E-state index in [2.05, 4.69) is 20.2 Å². The predicted molar refractivity (Wildman–Crippen MR) is 187 cm³/mol. The highest BCUT2D eigenvalue weighted by atomic mass is 19.1. The number of carbonyl (C=O) groups excluding carboxylic acids is 2. The highest BCUT2D eigenvalue weighted by Gasteiger charge is 2.28. The molecule has 0 unspecified atom stereocenters. The van der Waals surface area contributed by atoms with Crippen molar-refractivity contribution in [2.75, 3.05) is 46.4 Å². The number of benzene rings is 2. The smallest absolute Gasteiger partial charge is 0.270 e. The molecule has 3 aliphatic rings. The maximum Gasteiger partial charge on any atom is 0.270 e.